The van der Waals surface area contributed by atoms with Crippen LogP contribution in [0.3, 0.4) is 0 Å². The van der Waals surface area contributed by atoms with Gasteiger partial charge in [-0.3, -0.25) is 0 Å². The second kappa shape index (κ2) is 2.95. The van der Waals surface area contributed by atoms with E-state index in [0.29, 0.717) is 6.29 Å². The first-order valence-electron chi connectivity index (χ1n) is 2.28. The van der Waals surface area contributed by atoms with E-state index in [-0.39, 0.29) is 0 Å². The van der Waals surface area contributed by atoms with Gasteiger partial charge in [0.15, 0.2) is 0 Å². The van der Waals surface area contributed by atoms with Gasteiger partial charge in [-0.2, -0.15) is 0 Å². The van der Waals surface area contributed by atoms with E-state index < -0.39 is 16.0 Å². The average molecular weight is 151 g/mol. The van der Waals surface area contributed by atoms with Crippen molar-refractivity contribution in [3.05, 3.63) is 0 Å². The fourth-order valence-corrected chi connectivity index (χ4v) is 0.955. The number of hydrogen-bond acceptors (Lipinski definition) is 2. The molecule has 9 heavy (non-hydrogen) atoms. The summed E-state index contributed by atoms with van der Waals surface area (Å²) in [6.07, 6.45) is 0.529. The molecule has 0 aromatic rings. The van der Waals surface area contributed by atoms with Gasteiger partial charge < -0.3 is 9.35 Å². The van der Waals surface area contributed by atoms with Gasteiger partial charge >= 0.3 is 0 Å². The molecule has 4 nitrogen and oxygen atoms in total. The van der Waals surface area contributed by atoms with Crippen molar-refractivity contribution in [3.63, 3.8) is 0 Å². The molecule has 0 spiro atoms. The van der Waals surface area contributed by atoms with Crippen molar-refractivity contribution in [2.45, 2.75) is 13.0 Å². The van der Waals surface area contributed by atoms with Crippen molar-refractivity contribution in [2.75, 3.05) is 0 Å². The monoisotopic (exact) mass is 151 g/mol. The van der Waals surface area contributed by atoms with Crippen molar-refractivity contribution in [1.82, 2.24) is 4.72 Å². The molecule has 0 aliphatic rings. The fourth-order valence-electron chi connectivity index (χ4n) is 0.318. The molecule has 2 N–H and O–H groups in total. The number of hydrogen-bond donors (Lipinski definition) is 2. The number of rotatable bonds is 3. The highest BCUT2D eigenvalue weighted by Gasteiger charge is 2.01. The number of carbonyl (C=O) groups is 1. The third-order valence-corrected chi connectivity index (χ3v) is 1.31. The largest absolute Gasteiger partial charge is 0.303 e. The van der Waals surface area contributed by atoms with Crippen LogP contribution < -0.4 is 4.72 Å². The minimum Gasteiger partial charge on any atom is -0.303 e. The molecule has 0 aromatic carbocycles. The predicted octanol–water partition coefficient (Wildman–Crippen LogP) is -0.732. The van der Waals surface area contributed by atoms with E-state index in [1.807, 2.05) is 0 Å². The normalized spacial score (nSPS) is 20.2. The molecular formula is C4H9NO3S. The lowest BCUT2D eigenvalue weighted by Crippen LogP contribution is -2.32. The maximum absolute atomic E-state index is 10.3. The van der Waals surface area contributed by atoms with E-state index in [2.05, 4.69) is 10.6 Å². The predicted molar refractivity (Wildman–Crippen MR) is 36.6 cm³/mol. The summed E-state index contributed by atoms with van der Waals surface area (Å²) >= 11 is 0. The molecule has 0 amide bonds. The molecule has 0 aliphatic carbocycles. The van der Waals surface area contributed by atoms with Gasteiger partial charge in [-0.05, 0) is 12.8 Å². The smallest absolute Gasteiger partial charge is 0.138 e. The summed E-state index contributed by atoms with van der Waals surface area (Å²) in [6.45, 7) is 1.47. The quantitative estimate of drug-likeness (QED) is 0.412. The molecule has 0 aliphatic heterocycles. The SMILES string of the molecule is C=S(=O)(O)NC(C)C=O. The van der Waals surface area contributed by atoms with Gasteiger partial charge in [0.25, 0.3) is 0 Å². The molecule has 5 heteroatoms. The van der Waals surface area contributed by atoms with E-state index in [1.165, 1.54) is 6.92 Å². The minimum atomic E-state index is -3.22. The molecule has 0 bridgehead atoms. The highest BCUT2D eigenvalue weighted by atomic mass is 32.2. The zero-order valence-electron chi connectivity index (χ0n) is 5.03. The molecule has 0 heterocycles. The van der Waals surface area contributed by atoms with E-state index in [0.717, 1.165) is 0 Å². The lowest BCUT2D eigenvalue weighted by atomic mass is 10.4. The Morgan fingerprint density at radius 1 is 1.89 bits per heavy atom. The molecule has 0 fully saturated rings. The lowest BCUT2D eigenvalue weighted by Gasteiger charge is -2.04. The molecule has 0 radical (unpaired) electrons. The Kier molecular flexibility index (Phi) is 2.83. The highest BCUT2D eigenvalue weighted by Crippen LogP contribution is 1.78. The van der Waals surface area contributed by atoms with Crippen molar-refractivity contribution < 1.29 is 13.6 Å². The van der Waals surface area contributed by atoms with Crippen LogP contribution in [0.2, 0.25) is 0 Å². The van der Waals surface area contributed by atoms with Gasteiger partial charge in [0.1, 0.15) is 16.3 Å². The Balaban J connectivity index is 3.89. The molecule has 54 valence electrons. The number of carbonyl (C=O) groups excluding carboxylic acids is 1. The van der Waals surface area contributed by atoms with Crippen LogP contribution >= 0.6 is 0 Å². The Morgan fingerprint density at radius 2 is 2.33 bits per heavy atom. The topological polar surface area (TPSA) is 66.4 Å². The number of aldehydes is 1. The summed E-state index contributed by atoms with van der Waals surface area (Å²) in [5.74, 6) is 2.87. The Morgan fingerprint density at radius 3 is 2.44 bits per heavy atom. The highest BCUT2D eigenvalue weighted by molar-refractivity contribution is 7.93. The van der Waals surface area contributed by atoms with E-state index in [9.17, 15) is 9.00 Å². The van der Waals surface area contributed by atoms with Gasteiger partial charge in [0, 0.05) is 0 Å². The Labute approximate surface area is 54.2 Å². The van der Waals surface area contributed by atoms with Crippen LogP contribution in [0, 0.1) is 0 Å². The molecular weight excluding hydrogens is 142 g/mol. The third kappa shape index (κ3) is 5.48. The summed E-state index contributed by atoms with van der Waals surface area (Å²) in [5.41, 5.74) is 0. The molecule has 0 aromatic heterocycles. The maximum atomic E-state index is 10.3. The molecule has 0 saturated heterocycles. The van der Waals surface area contributed by atoms with Crippen LogP contribution in [0.5, 0.6) is 0 Å². The standard InChI is InChI=1S/C4H9NO3S/c1-4(3-6)5-9(2,7)8/h3-4H,2H2,1H3,(H2,5,7,8). The zero-order chi connectivity index (χ0) is 7.49. The van der Waals surface area contributed by atoms with E-state index >= 15 is 0 Å². The van der Waals surface area contributed by atoms with Gasteiger partial charge in [-0.15, -0.1) is 0 Å². The zero-order valence-corrected chi connectivity index (χ0v) is 5.85. The molecule has 2 atom stereocenters. The average Bonchev–Trinajstić information content (AvgIpc) is 1.62. The van der Waals surface area contributed by atoms with Crippen LogP contribution in [0.25, 0.3) is 0 Å². The first kappa shape index (κ1) is 8.61. The molecule has 0 saturated carbocycles. The van der Waals surface area contributed by atoms with Crippen molar-refractivity contribution in [3.8, 4) is 0 Å². The third-order valence-electron chi connectivity index (χ3n) is 0.574. The summed E-state index contributed by atoms with van der Waals surface area (Å²) in [7, 11) is -3.22. The number of nitrogens with one attached hydrogen (secondary N) is 1. The van der Waals surface area contributed by atoms with Crippen molar-refractivity contribution >= 4 is 22.1 Å². The Hall–Kier alpha value is -0.390. The van der Waals surface area contributed by atoms with Gasteiger partial charge in [-0.1, -0.05) is 0 Å². The first-order chi connectivity index (χ1) is 3.95. The second-order valence-electron chi connectivity index (χ2n) is 1.68. The fraction of sp³-hybridized carbons (Fsp3) is 0.500. The minimum absolute atomic E-state index is 0.529. The van der Waals surface area contributed by atoms with Gasteiger partial charge in [0.2, 0.25) is 0 Å². The maximum Gasteiger partial charge on any atom is 0.138 e. The van der Waals surface area contributed by atoms with Gasteiger partial charge in [0.05, 0.1) is 6.04 Å². The summed E-state index contributed by atoms with van der Waals surface area (Å²) < 4.78 is 20.9. The lowest BCUT2D eigenvalue weighted by molar-refractivity contribution is -0.108. The van der Waals surface area contributed by atoms with Crippen LogP contribution in [0.15, 0.2) is 0 Å². The van der Waals surface area contributed by atoms with Crippen LogP contribution in [-0.2, 0) is 14.8 Å². The Bertz CT molecular complexity index is 184. The van der Waals surface area contributed by atoms with Crippen LogP contribution in [0.1, 0.15) is 6.92 Å². The van der Waals surface area contributed by atoms with E-state index in [4.69, 9.17) is 4.55 Å². The summed E-state index contributed by atoms with van der Waals surface area (Å²) in [6, 6.07) is -0.625. The van der Waals surface area contributed by atoms with Crippen LogP contribution in [-0.4, -0.2) is 27.0 Å². The van der Waals surface area contributed by atoms with Crippen LogP contribution in [0.4, 0.5) is 0 Å². The first-order valence-corrected chi connectivity index (χ1v) is 3.96. The summed E-state index contributed by atoms with van der Waals surface area (Å²) in [5, 5.41) is 0. The van der Waals surface area contributed by atoms with Crippen molar-refractivity contribution in [2.24, 2.45) is 0 Å². The second-order valence-corrected chi connectivity index (χ2v) is 3.20. The molecule has 2 unspecified atom stereocenters. The van der Waals surface area contributed by atoms with Gasteiger partial charge in [-0.25, -0.2) is 8.93 Å². The molecule has 0 rings (SSSR count). The summed E-state index contributed by atoms with van der Waals surface area (Å²) in [4.78, 5) is 9.86. The van der Waals surface area contributed by atoms with E-state index in [1.54, 1.807) is 0 Å². The van der Waals surface area contributed by atoms with Crippen molar-refractivity contribution in [1.29, 1.82) is 0 Å².